The highest BCUT2D eigenvalue weighted by Gasteiger charge is 2.16. The maximum Gasteiger partial charge on any atom is 0.275 e. The number of aromatic amines is 1. The number of para-hydroxylation sites is 2. The van der Waals surface area contributed by atoms with Crippen molar-refractivity contribution in [1.29, 1.82) is 0 Å². The number of amides is 1. The van der Waals surface area contributed by atoms with E-state index in [1.807, 2.05) is 91.0 Å². The number of hydrogen-bond acceptors (Lipinski definition) is 3. The second kappa shape index (κ2) is 9.89. The molecule has 4 aromatic rings. The molecule has 4 N–H and O–H groups in total. The third-order valence-electron chi connectivity index (χ3n) is 4.43. The van der Waals surface area contributed by atoms with Gasteiger partial charge in [0, 0.05) is 11.4 Å². The maximum atomic E-state index is 12.7. The molecular formula is C24H22N6O. The molecule has 0 saturated heterocycles. The van der Waals surface area contributed by atoms with E-state index in [0.29, 0.717) is 29.7 Å². The number of aliphatic imine (C=N–C) groups is 1. The molecule has 0 saturated carbocycles. The van der Waals surface area contributed by atoms with Gasteiger partial charge < -0.3 is 20.9 Å². The zero-order chi connectivity index (χ0) is 21.3. The summed E-state index contributed by atoms with van der Waals surface area (Å²) in [4.78, 5) is 24.6. The van der Waals surface area contributed by atoms with E-state index in [0.717, 1.165) is 11.3 Å². The molecule has 7 nitrogen and oxygen atoms in total. The van der Waals surface area contributed by atoms with Crippen LogP contribution in [0.5, 0.6) is 0 Å². The van der Waals surface area contributed by atoms with Crippen molar-refractivity contribution in [1.82, 2.24) is 9.97 Å². The smallest absolute Gasteiger partial charge is 0.275 e. The summed E-state index contributed by atoms with van der Waals surface area (Å²) in [6, 6.07) is 28.9. The van der Waals surface area contributed by atoms with E-state index >= 15 is 0 Å². The molecule has 1 aromatic heterocycles. The van der Waals surface area contributed by atoms with Gasteiger partial charge in [-0.05, 0) is 29.8 Å². The largest absolute Gasteiger partial charge is 0.339 e. The van der Waals surface area contributed by atoms with Gasteiger partial charge in [0.15, 0.2) is 5.82 Å². The molecule has 154 valence electrons. The van der Waals surface area contributed by atoms with Gasteiger partial charge in [-0.25, -0.2) is 9.98 Å². The molecule has 1 amide bonds. The molecule has 0 aliphatic carbocycles. The van der Waals surface area contributed by atoms with Crippen LogP contribution in [0.3, 0.4) is 0 Å². The molecule has 0 unspecified atom stereocenters. The van der Waals surface area contributed by atoms with Crippen LogP contribution in [0.1, 0.15) is 16.1 Å². The highest BCUT2D eigenvalue weighted by atomic mass is 16.1. The number of H-pyrrole nitrogens is 1. The SMILES string of the molecule is O=C(Nc1ccccc1)c1[nH]cnc1NC(=NCc1ccccc1)Nc1ccccc1. The van der Waals surface area contributed by atoms with Gasteiger partial charge in [0.25, 0.3) is 5.91 Å². The van der Waals surface area contributed by atoms with Crippen molar-refractivity contribution in [3.05, 3.63) is 109 Å². The lowest BCUT2D eigenvalue weighted by Crippen LogP contribution is -2.24. The van der Waals surface area contributed by atoms with Gasteiger partial charge >= 0.3 is 0 Å². The summed E-state index contributed by atoms with van der Waals surface area (Å²) in [5.41, 5.74) is 2.95. The van der Waals surface area contributed by atoms with Gasteiger partial charge in [-0.2, -0.15) is 0 Å². The second-order valence-corrected chi connectivity index (χ2v) is 6.71. The monoisotopic (exact) mass is 410 g/mol. The van der Waals surface area contributed by atoms with Crippen LogP contribution in [-0.4, -0.2) is 21.8 Å². The van der Waals surface area contributed by atoms with E-state index in [4.69, 9.17) is 0 Å². The summed E-state index contributed by atoms with van der Waals surface area (Å²) in [6.07, 6.45) is 1.47. The predicted molar refractivity (Wildman–Crippen MR) is 124 cm³/mol. The second-order valence-electron chi connectivity index (χ2n) is 6.71. The number of hydrogen-bond donors (Lipinski definition) is 4. The van der Waals surface area contributed by atoms with Crippen molar-refractivity contribution in [2.24, 2.45) is 4.99 Å². The third kappa shape index (κ3) is 5.57. The minimum absolute atomic E-state index is 0.298. The number of imidazole rings is 1. The van der Waals surface area contributed by atoms with Crippen LogP contribution in [-0.2, 0) is 6.54 Å². The van der Waals surface area contributed by atoms with Crippen molar-refractivity contribution < 1.29 is 4.79 Å². The zero-order valence-electron chi connectivity index (χ0n) is 16.7. The predicted octanol–water partition coefficient (Wildman–Crippen LogP) is 4.74. The first-order valence-corrected chi connectivity index (χ1v) is 9.85. The van der Waals surface area contributed by atoms with Crippen LogP contribution < -0.4 is 16.0 Å². The van der Waals surface area contributed by atoms with E-state index in [2.05, 4.69) is 30.9 Å². The Morgan fingerprint density at radius 3 is 2.00 bits per heavy atom. The van der Waals surface area contributed by atoms with Crippen molar-refractivity contribution in [3.63, 3.8) is 0 Å². The molecule has 0 bridgehead atoms. The summed E-state index contributed by atoms with van der Waals surface area (Å²) in [6.45, 7) is 0.471. The molecule has 3 aromatic carbocycles. The van der Waals surface area contributed by atoms with Crippen molar-refractivity contribution >= 4 is 29.1 Å². The van der Waals surface area contributed by atoms with Crippen molar-refractivity contribution in [2.75, 3.05) is 16.0 Å². The van der Waals surface area contributed by atoms with Crippen LogP contribution in [0.15, 0.2) is 102 Å². The normalized spacial score (nSPS) is 11.0. The Hall–Kier alpha value is -4.39. The van der Waals surface area contributed by atoms with Gasteiger partial charge in [0.05, 0.1) is 12.9 Å². The number of guanidine groups is 1. The number of anilines is 3. The number of aromatic nitrogens is 2. The molecule has 7 heteroatoms. The molecule has 1 heterocycles. The fourth-order valence-corrected chi connectivity index (χ4v) is 2.91. The average molecular weight is 410 g/mol. The van der Waals surface area contributed by atoms with Gasteiger partial charge in [-0.1, -0.05) is 66.7 Å². The lowest BCUT2D eigenvalue weighted by Gasteiger charge is -2.12. The number of nitrogens with one attached hydrogen (secondary N) is 4. The number of carbonyl (C=O) groups excluding carboxylic acids is 1. The summed E-state index contributed by atoms with van der Waals surface area (Å²) in [7, 11) is 0. The van der Waals surface area contributed by atoms with Crippen LogP contribution in [0.4, 0.5) is 17.2 Å². The van der Waals surface area contributed by atoms with Crippen molar-refractivity contribution in [3.8, 4) is 0 Å². The molecule has 0 aliphatic heterocycles. The standard InChI is InChI=1S/C24H22N6O/c31-23(28-19-12-6-2-7-13-19)21-22(27-17-26-21)30-24(29-20-14-8-3-9-15-20)25-16-18-10-4-1-5-11-18/h1-15,17H,16H2,(H,26,27)(H,28,31)(H2,25,29,30). The first kappa shape index (κ1) is 19.9. The van der Waals surface area contributed by atoms with E-state index < -0.39 is 0 Å². The van der Waals surface area contributed by atoms with E-state index in [-0.39, 0.29) is 5.91 Å². The van der Waals surface area contributed by atoms with E-state index in [1.165, 1.54) is 6.33 Å². The fourth-order valence-electron chi connectivity index (χ4n) is 2.91. The van der Waals surface area contributed by atoms with Gasteiger partial charge in [0.2, 0.25) is 5.96 Å². The number of nitrogens with zero attached hydrogens (tertiary/aromatic N) is 2. The first-order chi connectivity index (χ1) is 15.3. The molecule has 0 atom stereocenters. The zero-order valence-corrected chi connectivity index (χ0v) is 16.7. The van der Waals surface area contributed by atoms with E-state index in [9.17, 15) is 4.79 Å². The Morgan fingerprint density at radius 1 is 0.774 bits per heavy atom. The Bertz CT molecular complexity index is 1140. The highest BCUT2D eigenvalue weighted by Crippen LogP contribution is 2.15. The molecule has 0 radical (unpaired) electrons. The van der Waals surface area contributed by atoms with Crippen LogP contribution in [0.25, 0.3) is 0 Å². The van der Waals surface area contributed by atoms with Crippen molar-refractivity contribution in [2.45, 2.75) is 6.54 Å². The lowest BCUT2D eigenvalue weighted by molar-refractivity contribution is 0.102. The van der Waals surface area contributed by atoms with Crippen LogP contribution in [0, 0.1) is 0 Å². The minimum atomic E-state index is -0.298. The molecule has 0 spiro atoms. The third-order valence-corrected chi connectivity index (χ3v) is 4.43. The molecule has 0 fully saturated rings. The lowest BCUT2D eigenvalue weighted by atomic mass is 10.2. The highest BCUT2D eigenvalue weighted by molar-refractivity contribution is 6.10. The number of benzene rings is 3. The topological polar surface area (TPSA) is 94.2 Å². The van der Waals surface area contributed by atoms with Gasteiger partial charge in [-0.15, -0.1) is 0 Å². The molecule has 4 rings (SSSR count). The Balaban J connectivity index is 1.54. The van der Waals surface area contributed by atoms with E-state index in [1.54, 1.807) is 0 Å². The quantitative estimate of drug-likeness (QED) is 0.273. The van der Waals surface area contributed by atoms with Gasteiger partial charge in [0.1, 0.15) is 5.69 Å². The molecule has 0 aliphatic rings. The summed E-state index contributed by atoms with van der Waals surface area (Å²) in [5, 5.41) is 9.26. The maximum absolute atomic E-state index is 12.7. The Labute approximate surface area is 180 Å². The molecular weight excluding hydrogens is 388 g/mol. The first-order valence-electron chi connectivity index (χ1n) is 9.85. The summed E-state index contributed by atoms with van der Waals surface area (Å²) < 4.78 is 0. The minimum Gasteiger partial charge on any atom is -0.339 e. The number of carbonyl (C=O) groups is 1. The van der Waals surface area contributed by atoms with Crippen LogP contribution >= 0.6 is 0 Å². The van der Waals surface area contributed by atoms with Gasteiger partial charge in [-0.3, -0.25) is 4.79 Å². The summed E-state index contributed by atoms with van der Waals surface area (Å²) >= 11 is 0. The average Bonchev–Trinajstić information content (AvgIpc) is 3.28. The fraction of sp³-hybridized carbons (Fsp3) is 0.0417. The summed E-state index contributed by atoms with van der Waals surface area (Å²) in [5.74, 6) is 0.563. The number of rotatable bonds is 6. The Kier molecular flexibility index (Phi) is 6.35. The molecule has 31 heavy (non-hydrogen) atoms. The van der Waals surface area contributed by atoms with Crippen LogP contribution in [0.2, 0.25) is 0 Å². The Morgan fingerprint density at radius 2 is 1.35 bits per heavy atom.